The fourth-order valence-corrected chi connectivity index (χ4v) is 2.31. The van der Waals surface area contributed by atoms with Crippen molar-refractivity contribution in [1.29, 1.82) is 0 Å². The summed E-state index contributed by atoms with van der Waals surface area (Å²) in [5, 5.41) is 0. The zero-order chi connectivity index (χ0) is 15.8. The molecule has 22 heavy (non-hydrogen) atoms. The van der Waals surface area contributed by atoms with E-state index in [2.05, 4.69) is 34.6 Å². The van der Waals surface area contributed by atoms with Gasteiger partial charge in [-0.25, -0.2) is 0 Å². The molecular formula is C20H36O2. The van der Waals surface area contributed by atoms with Crippen molar-refractivity contribution in [3.63, 3.8) is 0 Å². The Morgan fingerprint density at radius 2 is 1.14 bits per heavy atom. The minimum Gasteiger partial charge on any atom is -0.498 e. The Balaban J connectivity index is 0.000000294. The highest BCUT2D eigenvalue weighted by atomic mass is 16.5. The molecule has 1 aliphatic carbocycles. The molecule has 0 radical (unpaired) electrons. The highest BCUT2D eigenvalue weighted by Gasteiger charge is 2.05. The Labute approximate surface area is 138 Å². The molecule has 0 spiro atoms. The minimum atomic E-state index is 0. The van der Waals surface area contributed by atoms with Crippen molar-refractivity contribution in [2.24, 2.45) is 0 Å². The van der Waals surface area contributed by atoms with E-state index in [0.29, 0.717) is 0 Å². The number of rotatable bonds is 0. The topological polar surface area (TPSA) is 18.5 Å². The normalized spacial score (nSPS) is 20.1. The molecule has 2 heteroatoms. The molecule has 0 aromatic rings. The van der Waals surface area contributed by atoms with Crippen molar-refractivity contribution >= 4 is 0 Å². The average molecular weight is 309 g/mol. The van der Waals surface area contributed by atoms with Gasteiger partial charge in [-0.1, -0.05) is 18.6 Å². The predicted octanol–water partition coefficient (Wildman–Crippen LogP) is 6.20. The third-order valence-electron chi connectivity index (χ3n) is 4.59. The van der Waals surface area contributed by atoms with Gasteiger partial charge in [-0.05, 0) is 77.5 Å². The molecule has 0 aromatic carbocycles. The Kier molecular flexibility index (Phi) is 10.2. The van der Waals surface area contributed by atoms with Crippen molar-refractivity contribution in [2.45, 2.75) is 74.7 Å². The van der Waals surface area contributed by atoms with Gasteiger partial charge in [-0.2, -0.15) is 0 Å². The second-order valence-electron chi connectivity index (χ2n) is 6.40. The molecule has 2 heterocycles. The molecular weight excluding hydrogens is 272 g/mol. The summed E-state index contributed by atoms with van der Waals surface area (Å²) in [6.45, 7) is 15.4. The number of hydrogen-bond acceptors (Lipinski definition) is 2. The summed E-state index contributed by atoms with van der Waals surface area (Å²) >= 11 is 0. The first-order chi connectivity index (χ1) is 9.91. The second kappa shape index (κ2) is 10.7. The van der Waals surface area contributed by atoms with E-state index in [1.54, 1.807) is 11.1 Å². The van der Waals surface area contributed by atoms with Crippen LogP contribution in [-0.4, -0.2) is 19.8 Å². The van der Waals surface area contributed by atoms with Gasteiger partial charge >= 0.3 is 0 Å². The van der Waals surface area contributed by atoms with Crippen molar-refractivity contribution in [1.82, 2.24) is 0 Å². The van der Waals surface area contributed by atoms with Crippen molar-refractivity contribution in [3.8, 4) is 0 Å². The first-order valence-electron chi connectivity index (χ1n) is 8.09. The van der Waals surface area contributed by atoms with Gasteiger partial charge in [0, 0.05) is 6.42 Å². The van der Waals surface area contributed by atoms with E-state index in [0.717, 1.165) is 32.0 Å². The van der Waals surface area contributed by atoms with Crippen LogP contribution in [0.4, 0.5) is 0 Å². The van der Waals surface area contributed by atoms with Gasteiger partial charge in [0.15, 0.2) is 0 Å². The van der Waals surface area contributed by atoms with Gasteiger partial charge in [-0.3, -0.25) is 0 Å². The van der Waals surface area contributed by atoms with E-state index in [9.17, 15) is 0 Å². The summed E-state index contributed by atoms with van der Waals surface area (Å²) < 4.78 is 10.2. The van der Waals surface area contributed by atoms with E-state index in [1.165, 1.54) is 36.0 Å². The van der Waals surface area contributed by atoms with Crippen LogP contribution in [0.1, 0.15) is 74.7 Å². The molecule has 0 saturated carbocycles. The number of ether oxygens (including phenoxy) is 2. The lowest BCUT2D eigenvalue weighted by molar-refractivity contribution is 0.204. The average Bonchev–Trinajstić information content (AvgIpc) is 3.11. The molecule has 3 rings (SSSR count). The van der Waals surface area contributed by atoms with Crippen LogP contribution in [0.2, 0.25) is 0 Å². The van der Waals surface area contributed by atoms with Crippen LogP contribution in [0.25, 0.3) is 0 Å². The maximum absolute atomic E-state index is 5.14. The zero-order valence-electron chi connectivity index (χ0n) is 14.8. The predicted molar refractivity (Wildman–Crippen MR) is 97.1 cm³/mol. The Morgan fingerprint density at radius 1 is 0.636 bits per heavy atom. The first kappa shape index (κ1) is 21.0. The van der Waals surface area contributed by atoms with Crippen LogP contribution < -0.4 is 0 Å². The van der Waals surface area contributed by atoms with Gasteiger partial charge in [0.25, 0.3) is 0 Å². The molecule has 2 nitrogen and oxygen atoms in total. The third kappa shape index (κ3) is 7.31. The zero-order valence-corrected chi connectivity index (χ0v) is 14.8. The Hall–Kier alpha value is -1.02. The summed E-state index contributed by atoms with van der Waals surface area (Å²) in [6.07, 6.45) is 5.24. The largest absolute Gasteiger partial charge is 0.498 e. The Bertz CT molecular complexity index is 336. The Morgan fingerprint density at radius 3 is 1.27 bits per heavy atom. The molecule has 0 bridgehead atoms. The maximum atomic E-state index is 5.14. The van der Waals surface area contributed by atoms with Gasteiger partial charge < -0.3 is 9.47 Å². The lowest BCUT2D eigenvalue weighted by Gasteiger charge is -1.91. The molecule has 2 aliphatic heterocycles. The molecule has 0 fully saturated rings. The van der Waals surface area contributed by atoms with Crippen LogP contribution in [0.15, 0.2) is 33.6 Å². The van der Waals surface area contributed by atoms with Crippen LogP contribution in [-0.2, 0) is 9.47 Å². The highest BCUT2D eigenvalue weighted by Crippen LogP contribution is 2.23. The fraction of sp³-hybridized carbons (Fsp3) is 0.700. The molecule has 0 atom stereocenters. The van der Waals surface area contributed by atoms with Crippen molar-refractivity contribution in [2.75, 3.05) is 19.8 Å². The van der Waals surface area contributed by atoms with Crippen LogP contribution in [0.3, 0.4) is 0 Å². The van der Waals surface area contributed by atoms with E-state index in [-0.39, 0.29) is 7.43 Å². The lowest BCUT2D eigenvalue weighted by Crippen LogP contribution is -1.81. The summed E-state index contributed by atoms with van der Waals surface area (Å²) in [5.74, 6) is 1.12. The lowest BCUT2D eigenvalue weighted by atomic mass is 10.2. The summed E-state index contributed by atoms with van der Waals surface area (Å²) in [7, 11) is 0. The molecule has 128 valence electrons. The van der Waals surface area contributed by atoms with E-state index >= 15 is 0 Å². The third-order valence-corrected chi connectivity index (χ3v) is 4.59. The summed E-state index contributed by atoms with van der Waals surface area (Å²) in [5.41, 5.74) is 7.46. The van der Waals surface area contributed by atoms with Gasteiger partial charge in [0.1, 0.15) is 0 Å². The van der Waals surface area contributed by atoms with Crippen LogP contribution in [0, 0.1) is 0 Å². The highest BCUT2D eigenvalue weighted by molar-refractivity contribution is 5.14. The molecule has 0 amide bonds. The molecule has 0 N–H and O–H groups in total. The standard InChI is InChI=1S/C7H12.2C6H10O.CH4/c1-6-4-3-5-7(6)2;1-5-3-7-4-6(5)2;1-5-3-4-7-6(5)2;/h3-5H2,1-2H3;2*3-4H2,1-2H3;1H4. The fourth-order valence-electron chi connectivity index (χ4n) is 2.31. The smallest absolute Gasteiger partial charge is 0.0919 e. The first-order valence-corrected chi connectivity index (χ1v) is 8.09. The van der Waals surface area contributed by atoms with Crippen LogP contribution >= 0.6 is 0 Å². The van der Waals surface area contributed by atoms with Crippen molar-refractivity contribution < 1.29 is 9.47 Å². The summed E-state index contributed by atoms with van der Waals surface area (Å²) in [6, 6.07) is 0. The maximum Gasteiger partial charge on any atom is 0.0919 e. The van der Waals surface area contributed by atoms with Gasteiger partial charge in [-0.15, -0.1) is 0 Å². The molecule has 0 saturated heterocycles. The molecule has 0 unspecified atom stereocenters. The van der Waals surface area contributed by atoms with E-state index in [4.69, 9.17) is 9.47 Å². The van der Waals surface area contributed by atoms with Gasteiger partial charge in [0.05, 0.1) is 25.6 Å². The van der Waals surface area contributed by atoms with E-state index in [1.807, 2.05) is 6.92 Å². The van der Waals surface area contributed by atoms with Crippen LogP contribution in [0.5, 0.6) is 0 Å². The van der Waals surface area contributed by atoms with E-state index < -0.39 is 0 Å². The SMILES string of the molecule is C.CC1=C(C)CCC1.CC1=C(C)COC1.CC1=C(C)OCC1. The number of hydrogen-bond donors (Lipinski definition) is 0. The molecule has 3 aliphatic rings. The van der Waals surface area contributed by atoms with Gasteiger partial charge in [0.2, 0.25) is 0 Å². The number of allylic oxidation sites excluding steroid dienone is 3. The minimum absolute atomic E-state index is 0. The monoisotopic (exact) mass is 308 g/mol. The second-order valence-corrected chi connectivity index (χ2v) is 6.40. The van der Waals surface area contributed by atoms with Crippen molar-refractivity contribution in [3.05, 3.63) is 33.6 Å². The molecule has 0 aromatic heterocycles. The quantitative estimate of drug-likeness (QED) is 0.496. The summed E-state index contributed by atoms with van der Waals surface area (Å²) in [4.78, 5) is 0.